The Labute approximate surface area is 166 Å². The van der Waals surface area contributed by atoms with Gasteiger partial charge in [0, 0.05) is 53.9 Å². The van der Waals surface area contributed by atoms with E-state index in [1.807, 2.05) is 6.07 Å². The molecule has 2 fully saturated rings. The van der Waals surface area contributed by atoms with Gasteiger partial charge in [-0.3, -0.25) is 4.90 Å². The van der Waals surface area contributed by atoms with E-state index in [1.54, 1.807) is 0 Å². The van der Waals surface area contributed by atoms with Crippen LogP contribution in [0.15, 0.2) is 36.4 Å². The molecule has 2 aromatic rings. The summed E-state index contributed by atoms with van der Waals surface area (Å²) in [6.45, 7) is 9.84. The minimum atomic E-state index is 0.548. The maximum atomic E-state index is 6.21. The topological polar surface area (TPSA) is 6.48 Å². The van der Waals surface area contributed by atoms with Crippen LogP contribution in [0.5, 0.6) is 0 Å². The number of nitrogens with zero attached hydrogens (tertiary/aromatic N) is 2. The Hall–Kier alpha value is -1.16. The Bertz CT molecular complexity index is 807. The number of piperazine rings is 1. The summed E-state index contributed by atoms with van der Waals surface area (Å²) in [5.74, 6) is 2.43. The highest BCUT2D eigenvalue weighted by molar-refractivity contribution is 7.99. The number of thioether (sulfide) groups is 1. The van der Waals surface area contributed by atoms with Crippen molar-refractivity contribution in [1.29, 1.82) is 0 Å². The lowest BCUT2D eigenvalue weighted by Crippen LogP contribution is -2.57. The highest BCUT2D eigenvalue weighted by Gasteiger charge is 2.36. The second kappa shape index (κ2) is 7.46. The first-order valence-corrected chi connectivity index (χ1v) is 11.0. The van der Waals surface area contributed by atoms with Crippen molar-refractivity contribution in [3.63, 3.8) is 0 Å². The highest BCUT2D eigenvalue weighted by atomic mass is 35.5. The average molecular weight is 387 g/mol. The van der Waals surface area contributed by atoms with Gasteiger partial charge in [0.05, 0.1) is 0 Å². The molecule has 0 bridgehead atoms. The van der Waals surface area contributed by atoms with Gasteiger partial charge in [0.1, 0.15) is 0 Å². The maximum Gasteiger partial charge on any atom is 0.0443 e. The molecule has 0 spiro atoms. The van der Waals surface area contributed by atoms with E-state index in [4.69, 9.17) is 11.6 Å². The molecule has 0 aliphatic carbocycles. The fourth-order valence-corrected chi connectivity index (χ4v) is 5.59. The second-order valence-electron chi connectivity index (χ2n) is 7.67. The molecule has 0 amide bonds. The molecule has 0 N–H and O–H groups in total. The summed E-state index contributed by atoms with van der Waals surface area (Å²) in [6.07, 6.45) is 0. The van der Waals surface area contributed by atoms with Crippen LogP contribution in [-0.2, 0) is 0 Å². The molecule has 2 aliphatic heterocycles. The minimum Gasteiger partial charge on any atom is -0.369 e. The first-order chi connectivity index (χ1) is 12.5. The zero-order chi connectivity index (χ0) is 18.3. The van der Waals surface area contributed by atoms with Crippen molar-refractivity contribution in [3.05, 3.63) is 63.7 Å². The summed E-state index contributed by atoms with van der Waals surface area (Å²) in [7, 11) is 0. The van der Waals surface area contributed by atoms with E-state index < -0.39 is 0 Å². The van der Waals surface area contributed by atoms with Crippen molar-refractivity contribution in [2.45, 2.75) is 32.9 Å². The lowest BCUT2D eigenvalue weighted by molar-refractivity contribution is 0.137. The average Bonchev–Trinajstić information content (AvgIpc) is 2.65. The number of hydrogen-bond acceptors (Lipinski definition) is 3. The third-order valence-corrected chi connectivity index (χ3v) is 7.53. The lowest BCUT2D eigenvalue weighted by Gasteiger charge is -2.49. The molecule has 138 valence electrons. The van der Waals surface area contributed by atoms with Crippen molar-refractivity contribution >= 4 is 29.1 Å². The van der Waals surface area contributed by atoms with Crippen molar-refractivity contribution in [2.24, 2.45) is 0 Å². The number of anilines is 1. The molecule has 0 aromatic heterocycles. The Balaban J connectivity index is 1.53. The summed E-state index contributed by atoms with van der Waals surface area (Å²) in [5, 5.41) is 0.857. The first-order valence-electron chi connectivity index (χ1n) is 9.44. The molecule has 4 heteroatoms. The minimum absolute atomic E-state index is 0.548. The molecule has 0 saturated carbocycles. The van der Waals surface area contributed by atoms with Gasteiger partial charge < -0.3 is 4.90 Å². The number of rotatable bonds is 2. The molecule has 4 rings (SSSR count). The first kappa shape index (κ1) is 18.2. The Kier molecular flexibility index (Phi) is 5.22. The smallest absolute Gasteiger partial charge is 0.0443 e. The molecule has 26 heavy (non-hydrogen) atoms. The summed E-state index contributed by atoms with van der Waals surface area (Å²) in [6, 6.07) is 14.6. The molecule has 2 nitrogen and oxygen atoms in total. The van der Waals surface area contributed by atoms with Crippen LogP contribution in [0.2, 0.25) is 5.02 Å². The zero-order valence-corrected chi connectivity index (χ0v) is 17.4. The largest absolute Gasteiger partial charge is 0.369 e. The molecule has 2 heterocycles. The van der Waals surface area contributed by atoms with Gasteiger partial charge in [0.25, 0.3) is 0 Å². The van der Waals surface area contributed by atoms with Crippen molar-refractivity contribution in [1.82, 2.24) is 4.90 Å². The predicted octanol–water partition coefficient (Wildman–Crippen LogP) is 5.24. The number of halogens is 1. The van der Waals surface area contributed by atoms with E-state index in [-0.39, 0.29) is 0 Å². The summed E-state index contributed by atoms with van der Waals surface area (Å²) in [5.41, 5.74) is 6.75. The van der Waals surface area contributed by atoms with Gasteiger partial charge in [-0.2, -0.15) is 11.8 Å². The van der Waals surface area contributed by atoms with Crippen LogP contribution < -0.4 is 4.90 Å². The molecule has 2 aliphatic rings. The van der Waals surface area contributed by atoms with Gasteiger partial charge in [0.15, 0.2) is 0 Å². The summed E-state index contributed by atoms with van der Waals surface area (Å²) < 4.78 is 0. The van der Waals surface area contributed by atoms with Gasteiger partial charge in [-0.1, -0.05) is 29.8 Å². The quantitative estimate of drug-likeness (QED) is 0.696. The van der Waals surface area contributed by atoms with Gasteiger partial charge in [-0.25, -0.2) is 0 Å². The van der Waals surface area contributed by atoms with Crippen LogP contribution in [0, 0.1) is 20.8 Å². The van der Waals surface area contributed by atoms with E-state index in [0.717, 1.165) is 30.2 Å². The number of benzene rings is 2. The normalized spacial score (nSPS) is 23.8. The van der Waals surface area contributed by atoms with Gasteiger partial charge in [-0.15, -0.1) is 0 Å². The van der Waals surface area contributed by atoms with Crippen LogP contribution in [-0.4, -0.2) is 42.1 Å². The van der Waals surface area contributed by atoms with E-state index in [0.29, 0.717) is 12.1 Å². The van der Waals surface area contributed by atoms with Crippen molar-refractivity contribution < 1.29 is 0 Å². The number of fused-ring (bicyclic) bond motifs is 1. The fraction of sp³-hybridized carbons (Fsp3) is 0.455. The van der Waals surface area contributed by atoms with Crippen LogP contribution in [0.4, 0.5) is 5.69 Å². The second-order valence-corrected chi connectivity index (χ2v) is 9.15. The summed E-state index contributed by atoms with van der Waals surface area (Å²) in [4.78, 5) is 5.29. The van der Waals surface area contributed by atoms with Crippen LogP contribution >= 0.6 is 23.4 Å². The predicted molar refractivity (Wildman–Crippen MR) is 115 cm³/mol. The van der Waals surface area contributed by atoms with E-state index >= 15 is 0 Å². The monoisotopic (exact) mass is 386 g/mol. The van der Waals surface area contributed by atoms with Crippen LogP contribution in [0.25, 0.3) is 0 Å². The number of aryl methyl sites for hydroxylation is 3. The third kappa shape index (κ3) is 3.49. The molecule has 2 unspecified atom stereocenters. The third-order valence-electron chi connectivity index (χ3n) is 5.94. The van der Waals surface area contributed by atoms with Crippen molar-refractivity contribution in [2.75, 3.05) is 36.0 Å². The van der Waals surface area contributed by atoms with E-state index in [2.05, 4.69) is 72.7 Å². The molecule has 0 radical (unpaired) electrons. The van der Waals surface area contributed by atoms with E-state index in [1.165, 1.54) is 33.9 Å². The standard InChI is InChI=1S/C22H27ClN2S/c1-15-4-5-18(10-16(15)2)22-14-26-13-20-12-24(8-9-25(20)22)19-6-7-21(23)17(3)11-19/h4-7,10-11,20,22H,8-9,12-14H2,1-3H3. The zero-order valence-electron chi connectivity index (χ0n) is 15.8. The molecular weight excluding hydrogens is 360 g/mol. The van der Waals surface area contributed by atoms with Crippen LogP contribution in [0.3, 0.4) is 0 Å². The molecule has 2 saturated heterocycles. The van der Waals surface area contributed by atoms with Gasteiger partial charge in [0.2, 0.25) is 0 Å². The van der Waals surface area contributed by atoms with Gasteiger partial charge in [-0.05, 0) is 61.2 Å². The van der Waals surface area contributed by atoms with Crippen molar-refractivity contribution in [3.8, 4) is 0 Å². The highest BCUT2D eigenvalue weighted by Crippen LogP contribution is 2.36. The fourth-order valence-electron chi connectivity index (χ4n) is 4.16. The molecule has 2 aromatic carbocycles. The Morgan fingerprint density at radius 2 is 1.77 bits per heavy atom. The summed E-state index contributed by atoms with van der Waals surface area (Å²) >= 11 is 8.32. The number of hydrogen-bond donors (Lipinski definition) is 0. The Morgan fingerprint density at radius 3 is 2.54 bits per heavy atom. The molecular formula is C22H27ClN2S. The SMILES string of the molecule is Cc1ccc(C2CSCC3CN(c4ccc(Cl)c(C)c4)CCN32)cc1C. The Morgan fingerprint density at radius 1 is 0.923 bits per heavy atom. The lowest BCUT2D eigenvalue weighted by atomic mass is 9.98. The maximum absolute atomic E-state index is 6.21. The molecule has 2 atom stereocenters. The van der Waals surface area contributed by atoms with Crippen LogP contribution in [0.1, 0.15) is 28.3 Å². The van der Waals surface area contributed by atoms with E-state index in [9.17, 15) is 0 Å². The van der Waals surface area contributed by atoms with Gasteiger partial charge >= 0.3 is 0 Å².